The first-order chi connectivity index (χ1) is 9.29. The molecule has 0 saturated carbocycles. The van der Waals surface area contributed by atoms with Crippen LogP contribution < -0.4 is 15.4 Å². The quantitative estimate of drug-likeness (QED) is 0.826. The minimum Gasteiger partial charge on any atom is -0.494 e. The molecule has 4 heteroatoms. The van der Waals surface area contributed by atoms with Crippen molar-refractivity contribution in [3.8, 4) is 5.75 Å². The number of aryl methyl sites for hydroxylation is 1. The van der Waals surface area contributed by atoms with Gasteiger partial charge >= 0.3 is 0 Å². The Morgan fingerprint density at radius 3 is 3.05 bits per heavy atom. The Morgan fingerprint density at radius 1 is 1.47 bits per heavy atom. The molecule has 0 aliphatic carbocycles. The molecule has 1 aromatic rings. The van der Waals surface area contributed by atoms with Gasteiger partial charge in [-0.1, -0.05) is 0 Å². The van der Waals surface area contributed by atoms with Gasteiger partial charge in [0.2, 0.25) is 0 Å². The number of hydrogen-bond acceptors (Lipinski definition) is 4. The van der Waals surface area contributed by atoms with E-state index in [1.54, 1.807) is 0 Å². The van der Waals surface area contributed by atoms with Crippen LogP contribution in [0.3, 0.4) is 0 Å². The smallest absolute Gasteiger partial charge is 0.122 e. The maximum atomic E-state index is 5.67. The van der Waals surface area contributed by atoms with Gasteiger partial charge in [0.1, 0.15) is 5.75 Å². The summed E-state index contributed by atoms with van der Waals surface area (Å²) in [6, 6.07) is 6.22. The van der Waals surface area contributed by atoms with Crippen LogP contribution in [0.1, 0.15) is 18.9 Å². The molecule has 1 heterocycles. The largest absolute Gasteiger partial charge is 0.494 e. The molecule has 1 unspecified atom stereocenters. The summed E-state index contributed by atoms with van der Waals surface area (Å²) in [7, 11) is 0. The summed E-state index contributed by atoms with van der Waals surface area (Å²) in [4.78, 5) is 0. The minimum atomic E-state index is 0.338. The van der Waals surface area contributed by atoms with Crippen molar-refractivity contribution in [3.63, 3.8) is 0 Å². The van der Waals surface area contributed by atoms with Crippen LogP contribution in [-0.2, 0) is 4.74 Å². The van der Waals surface area contributed by atoms with Crippen molar-refractivity contribution in [1.29, 1.82) is 0 Å². The van der Waals surface area contributed by atoms with Crippen LogP contribution >= 0.6 is 0 Å². The van der Waals surface area contributed by atoms with Gasteiger partial charge in [-0.2, -0.15) is 0 Å². The SMILES string of the molecule is CCOc1ccc(NCCC2CNCCO2)cc1C. The van der Waals surface area contributed by atoms with Gasteiger partial charge in [-0.25, -0.2) is 0 Å². The van der Waals surface area contributed by atoms with E-state index in [0.29, 0.717) is 12.7 Å². The summed E-state index contributed by atoms with van der Waals surface area (Å²) >= 11 is 0. The van der Waals surface area contributed by atoms with Gasteiger partial charge in [0, 0.05) is 25.3 Å². The first kappa shape index (κ1) is 14.2. The first-order valence-electron chi connectivity index (χ1n) is 7.09. The molecule has 1 aromatic carbocycles. The summed E-state index contributed by atoms with van der Waals surface area (Å²) in [6.45, 7) is 8.48. The minimum absolute atomic E-state index is 0.338. The van der Waals surface area contributed by atoms with Crippen molar-refractivity contribution in [2.24, 2.45) is 0 Å². The molecule has 2 N–H and O–H groups in total. The summed E-state index contributed by atoms with van der Waals surface area (Å²) in [5, 5.41) is 6.78. The monoisotopic (exact) mass is 264 g/mol. The second kappa shape index (κ2) is 7.36. The predicted octanol–water partition coefficient (Wildman–Crippen LogP) is 2.18. The number of nitrogens with one attached hydrogen (secondary N) is 2. The van der Waals surface area contributed by atoms with E-state index in [2.05, 4.69) is 29.7 Å². The molecule has 0 aromatic heterocycles. The fourth-order valence-corrected chi connectivity index (χ4v) is 2.26. The second-order valence-electron chi connectivity index (χ2n) is 4.83. The summed E-state index contributed by atoms with van der Waals surface area (Å²) in [5.74, 6) is 0.966. The molecule has 19 heavy (non-hydrogen) atoms. The standard InChI is InChI=1S/C15H24N2O2/c1-3-18-15-5-4-13(10-12(15)2)17-7-6-14-11-16-8-9-19-14/h4-5,10,14,16-17H,3,6-9,11H2,1-2H3. The third kappa shape index (κ3) is 4.40. The average Bonchev–Trinajstić information content (AvgIpc) is 2.43. The molecule has 0 radical (unpaired) electrons. The average molecular weight is 264 g/mol. The van der Waals surface area contributed by atoms with Crippen molar-refractivity contribution in [2.45, 2.75) is 26.4 Å². The van der Waals surface area contributed by atoms with Crippen LogP contribution in [0.2, 0.25) is 0 Å². The molecule has 0 spiro atoms. The molecule has 0 bridgehead atoms. The highest BCUT2D eigenvalue weighted by atomic mass is 16.5. The van der Waals surface area contributed by atoms with Crippen LogP contribution in [0.25, 0.3) is 0 Å². The lowest BCUT2D eigenvalue weighted by atomic mass is 10.2. The number of hydrogen-bond donors (Lipinski definition) is 2. The highest BCUT2D eigenvalue weighted by Gasteiger charge is 2.12. The highest BCUT2D eigenvalue weighted by Crippen LogP contribution is 2.21. The molecule has 106 valence electrons. The predicted molar refractivity (Wildman–Crippen MR) is 78.1 cm³/mol. The number of morpholine rings is 1. The van der Waals surface area contributed by atoms with Crippen molar-refractivity contribution in [1.82, 2.24) is 5.32 Å². The Hall–Kier alpha value is -1.26. The summed E-state index contributed by atoms with van der Waals surface area (Å²) in [6.07, 6.45) is 1.37. The van der Waals surface area contributed by atoms with Gasteiger partial charge in [0.05, 0.1) is 19.3 Å². The Labute approximate surface area is 115 Å². The number of rotatable bonds is 6. The van der Waals surface area contributed by atoms with Gasteiger partial charge in [-0.15, -0.1) is 0 Å². The van der Waals surface area contributed by atoms with Crippen molar-refractivity contribution in [2.75, 3.05) is 38.2 Å². The Balaban J connectivity index is 1.77. The van der Waals surface area contributed by atoms with E-state index < -0.39 is 0 Å². The van der Waals surface area contributed by atoms with E-state index >= 15 is 0 Å². The van der Waals surface area contributed by atoms with Crippen LogP contribution in [0, 0.1) is 6.92 Å². The third-order valence-electron chi connectivity index (χ3n) is 3.27. The van der Waals surface area contributed by atoms with E-state index in [1.165, 1.54) is 5.56 Å². The lowest BCUT2D eigenvalue weighted by molar-refractivity contribution is 0.0258. The van der Waals surface area contributed by atoms with Crippen LogP contribution in [0.15, 0.2) is 18.2 Å². The van der Waals surface area contributed by atoms with E-state index in [1.807, 2.05) is 13.0 Å². The Morgan fingerprint density at radius 2 is 2.37 bits per heavy atom. The van der Waals surface area contributed by atoms with Crippen LogP contribution in [0.4, 0.5) is 5.69 Å². The fraction of sp³-hybridized carbons (Fsp3) is 0.600. The van der Waals surface area contributed by atoms with Crippen molar-refractivity contribution >= 4 is 5.69 Å². The lowest BCUT2D eigenvalue weighted by Gasteiger charge is -2.23. The second-order valence-corrected chi connectivity index (χ2v) is 4.83. The van der Waals surface area contributed by atoms with E-state index in [-0.39, 0.29) is 0 Å². The molecule has 1 saturated heterocycles. The number of anilines is 1. The molecular weight excluding hydrogens is 240 g/mol. The maximum Gasteiger partial charge on any atom is 0.122 e. The van der Waals surface area contributed by atoms with E-state index in [0.717, 1.165) is 44.1 Å². The van der Waals surface area contributed by atoms with Gasteiger partial charge in [0.15, 0.2) is 0 Å². The molecule has 1 aliphatic rings. The normalized spacial score (nSPS) is 19.2. The zero-order valence-corrected chi connectivity index (χ0v) is 11.9. The molecule has 0 amide bonds. The molecule has 1 fully saturated rings. The van der Waals surface area contributed by atoms with E-state index in [9.17, 15) is 0 Å². The molecular formula is C15H24N2O2. The van der Waals surface area contributed by atoms with Crippen molar-refractivity contribution < 1.29 is 9.47 Å². The molecule has 1 aliphatic heterocycles. The van der Waals surface area contributed by atoms with Crippen LogP contribution in [0.5, 0.6) is 5.75 Å². The summed E-state index contributed by atoms with van der Waals surface area (Å²) in [5.41, 5.74) is 2.31. The zero-order valence-electron chi connectivity index (χ0n) is 11.9. The molecule has 2 rings (SSSR count). The highest BCUT2D eigenvalue weighted by molar-refractivity contribution is 5.50. The van der Waals surface area contributed by atoms with Crippen LogP contribution in [-0.4, -0.2) is 39.0 Å². The van der Waals surface area contributed by atoms with Gasteiger partial charge < -0.3 is 20.1 Å². The van der Waals surface area contributed by atoms with E-state index in [4.69, 9.17) is 9.47 Å². The third-order valence-corrected chi connectivity index (χ3v) is 3.27. The first-order valence-corrected chi connectivity index (χ1v) is 7.09. The van der Waals surface area contributed by atoms with Gasteiger partial charge in [-0.3, -0.25) is 0 Å². The lowest BCUT2D eigenvalue weighted by Crippen LogP contribution is -2.39. The maximum absolute atomic E-state index is 5.67. The topological polar surface area (TPSA) is 42.5 Å². The molecule has 4 nitrogen and oxygen atoms in total. The summed E-state index contributed by atoms with van der Waals surface area (Å²) < 4.78 is 11.2. The fourth-order valence-electron chi connectivity index (χ4n) is 2.26. The number of benzene rings is 1. The Bertz CT molecular complexity index is 390. The van der Waals surface area contributed by atoms with Gasteiger partial charge in [-0.05, 0) is 44.0 Å². The zero-order chi connectivity index (χ0) is 13.5. The molecule has 1 atom stereocenters. The van der Waals surface area contributed by atoms with Crippen molar-refractivity contribution in [3.05, 3.63) is 23.8 Å². The Kier molecular flexibility index (Phi) is 5.48. The number of ether oxygens (including phenoxy) is 2. The van der Waals surface area contributed by atoms with Gasteiger partial charge in [0.25, 0.3) is 0 Å².